The van der Waals surface area contributed by atoms with Crippen LogP contribution in [0, 0.1) is 5.92 Å². The lowest BCUT2D eigenvalue weighted by atomic mass is 9.87. The first-order valence-electron chi connectivity index (χ1n) is 10.0. The molecule has 0 aromatic heterocycles. The van der Waals surface area contributed by atoms with E-state index in [1.54, 1.807) is 6.07 Å². The molecule has 5 heteroatoms. The fraction of sp³-hybridized carbons (Fsp3) is 0.417. The summed E-state index contributed by atoms with van der Waals surface area (Å²) in [6.45, 7) is 11.1. The van der Waals surface area contributed by atoms with E-state index in [9.17, 15) is 9.59 Å². The van der Waals surface area contributed by atoms with Crippen molar-refractivity contribution < 1.29 is 9.59 Å². The molecule has 5 nitrogen and oxygen atoms in total. The largest absolute Gasteiger partial charge is 0.377 e. The van der Waals surface area contributed by atoms with Crippen LogP contribution >= 0.6 is 0 Å². The fourth-order valence-corrected chi connectivity index (χ4v) is 2.90. The minimum Gasteiger partial charge on any atom is -0.377 e. The van der Waals surface area contributed by atoms with Crippen LogP contribution in [0.25, 0.3) is 0 Å². The predicted molar refractivity (Wildman–Crippen MR) is 121 cm³/mol. The van der Waals surface area contributed by atoms with Crippen molar-refractivity contribution in [2.75, 3.05) is 30.9 Å². The molecular weight excluding hydrogens is 362 g/mol. The van der Waals surface area contributed by atoms with Gasteiger partial charge >= 0.3 is 0 Å². The molecule has 2 amide bonds. The van der Waals surface area contributed by atoms with E-state index in [0.29, 0.717) is 29.3 Å². The lowest BCUT2D eigenvalue weighted by molar-refractivity contribution is 0.0948. The highest BCUT2D eigenvalue weighted by molar-refractivity contribution is 6.06. The Morgan fingerprint density at radius 3 is 2.10 bits per heavy atom. The SMILES string of the molecule is CC(C)CNC(=O)c1cc(NC(=O)c2ccc(C(C)(C)C)cc2)ccc1N(C)C. The first kappa shape index (κ1) is 22.5. The highest BCUT2D eigenvalue weighted by Crippen LogP contribution is 2.25. The van der Waals surface area contributed by atoms with Crippen LogP contribution in [0.1, 0.15) is 60.9 Å². The van der Waals surface area contributed by atoms with E-state index in [4.69, 9.17) is 0 Å². The third-order valence-corrected chi connectivity index (χ3v) is 4.66. The van der Waals surface area contributed by atoms with E-state index >= 15 is 0 Å². The Balaban J connectivity index is 2.23. The second kappa shape index (κ2) is 9.12. The van der Waals surface area contributed by atoms with Gasteiger partial charge in [-0.3, -0.25) is 9.59 Å². The van der Waals surface area contributed by atoms with Crippen molar-refractivity contribution in [1.29, 1.82) is 0 Å². The Morgan fingerprint density at radius 2 is 1.59 bits per heavy atom. The zero-order valence-corrected chi connectivity index (χ0v) is 18.6. The topological polar surface area (TPSA) is 61.4 Å². The normalized spacial score (nSPS) is 11.3. The molecule has 0 atom stereocenters. The van der Waals surface area contributed by atoms with Gasteiger partial charge in [0.15, 0.2) is 0 Å². The lowest BCUT2D eigenvalue weighted by Gasteiger charge is -2.20. The zero-order valence-electron chi connectivity index (χ0n) is 18.6. The van der Waals surface area contributed by atoms with Gasteiger partial charge in [0, 0.05) is 37.6 Å². The van der Waals surface area contributed by atoms with Crippen LogP contribution < -0.4 is 15.5 Å². The van der Waals surface area contributed by atoms with Gasteiger partial charge in [-0.05, 0) is 47.2 Å². The van der Waals surface area contributed by atoms with E-state index < -0.39 is 0 Å². The molecule has 0 aliphatic heterocycles. The van der Waals surface area contributed by atoms with Gasteiger partial charge < -0.3 is 15.5 Å². The summed E-state index contributed by atoms with van der Waals surface area (Å²) < 4.78 is 0. The quantitative estimate of drug-likeness (QED) is 0.746. The van der Waals surface area contributed by atoms with Gasteiger partial charge in [-0.1, -0.05) is 46.8 Å². The van der Waals surface area contributed by atoms with E-state index in [-0.39, 0.29) is 17.2 Å². The molecule has 0 unspecified atom stereocenters. The third kappa shape index (κ3) is 6.08. The number of benzene rings is 2. The van der Waals surface area contributed by atoms with Crippen molar-refractivity contribution in [3.05, 3.63) is 59.2 Å². The Bertz CT molecular complexity index is 863. The minimum atomic E-state index is -0.198. The van der Waals surface area contributed by atoms with Crippen LogP contribution in [-0.4, -0.2) is 32.5 Å². The number of anilines is 2. The highest BCUT2D eigenvalue weighted by atomic mass is 16.2. The molecule has 0 heterocycles. The molecule has 0 saturated carbocycles. The Morgan fingerprint density at radius 1 is 0.966 bits per heavy atom. The summed E-state index contributed by atoms with van der Waals surface area (Å²) in [5.74, 6) is 0.0188. The second-order valence-corrected chi connectivity index (χ2v) is 9.01. The van der Waals surface area contributed by atoms with Gasteiger partial charge in [-0.15, -0.1) is 0 Å². The number of carbonyl (C=O) groups excluding carboxylic acids is 2. The molecule has 29 heavy (non-hydrogen) atoms. The third-order valence-electron chi connectivity index (χ3n) is 4.66. The van der Waals surface area contributed by atoms with Crippen molar-refractivity contribution in [2.45, 2.75) is 40.0 Å². The maximum absolute atomic E-state index is 12.7. The zero-order chi connectivity index (χ0) is 21.8. The number of carbonyl (C=O) groups is 2. The molecule has 2 aromatic carbocycles. The molecule has 2 rings (SSSR count). The van der Waals surface area contributed by atoms with Crippen molar-refractivity contribution in [3.8, 4) is 0 Å². The fourth-order valence-electron chi connectivity index (χ4n) is 2.90. The minimum absolute atomic E-state index is 0.0370. The summed E-state index contributed by atoms with van der Waals surface area (Å²) >= 11 is 0. The molecule has 2 aromatic rings. The van der Waals surface area contributed by atoms with Crippen LogP contribution in [0.3, 0.4) is 0 Å². The van der Waals surface area contributed by atoms with Crippen LogP contribution in [0.15, 0.2) is 42.5 Å². The Kier molecular flexibility index (Phi) is 7.07. The first-order chi connectivity index (χ1) is 13.5. The average molecular weight is 396 g/mol. The molecule has 0 spiro atoms. The number of rotatable bonds is 6. The molecular formula is C24H33N3O2. The summed E-state index contributed by atoms with van der Waals surface area (Å²) in [6, 6.07) is 13.0. The van der Waals surface area contributed by atoms with Crippen molar-refractivity contribution in [1.82, 2.24) is 5.32 Å². The molecule has 0 bridgehead atoms. The van der Waals surface area contributed by atoms with Crippen LogP contribution in [-0.2, 0) is 5.41 Å². The number of nitrogens with one attached hydrogen (secondary N) is 2. The average Bonchev–Trinajstić information content (AvgIpc) is 2.65. The van der Waals surface area contributed by atoms with E-state index in [1.807, 2.05) is 55.4 Å². The number of hydrogen-bond donors (Lipinski definition) is 2. The van der Waals surface area contributed by atoms with Gasteiger partial charge in [0.1, 0.15) is 0 Å². The monoisotopic (exact) mass is 395 g/mol. The predicted octanol–water partition coefficient (Wildman–Crippen LogP) is 4.69. The summed E-state index contributed by atoms with van der Waals surface area (Å²) in [6.07, 6.45) is 0. The summed E-state index contributed by atoms with van der Waals surface area (Å²) in [5.41, 5.74) is 3.73. The van der Waals surface area contributed by atoms with E-state index in [2.05, 4.69) is 45.3 Å². The van der Waals surface area contributed by atoms with Crippen LogP contribution in [0.5, 0.6) is 0 Å². The van der Waals surface area contributed by atoms with Crippen molar-refractivity contribution in [2.24, 2.45) is 5.92 Å². The standard InChI is InChI=1S/C24H33N3O2/c1-16(2)15-25-23(29)20-14-19(12-13-21(20)27(6)7)26-22(28)17-8-10-18(11-9-17)24(3,4)5/h8-14,16H,15H2,1-7H3,(H,25,29)(H,26,28). The van der Waals surface area contributed by atoms with Crippen LogP contribution in [0.4, 0.5) is 11.4 Å². The van der Waals surface area contributed by atoms with Gasteiger partial charge in [0.2, 0.25) is 0 Å². The van der Waals surface area contributed by atoms with Gasteiger partial charge in [-0.25, -0.2) is 0 Å². The van der Waals surface area contributed by atoms with Crippen molar-refractivity contribution >= 4 is 23.2 Å². The first-order valence-corrected chi connectivity index (χ1v) is 10.0. The lowest BCUT2D eigenvalue weighted by Crippen LogP contribution is -2.29. The van der Waals surface area contributed by atoms with Crippen LogP contribution in [0.2, 0.25) is 0 Å². The number of amides is 2. The number of hydrogen-bond acceptors (Lipinski definition) is 3. The maximum Gasteiger partial charge on any atom is 0.255 e. The summed E-state index contributed by atoms with van der Waals surface area (Å²) in [7, 11) is 3.78. The summed E-state index contributed by atoms with van der Waals surface area (Å²) in [5, 5.41) is 5.85. The molecule has 0 fully saturated rings. The molecule has 0 saturated heterocycles. The molecule has 0 aliphatic carbocycles. The number of nitrogens with zero attached hydrogens (tertiary/aromatic N) is 1. The Labute approximate surface area is 174 Å². The van der Waals surface area contributed by atoms with E-state index in [0.717, 1.165) is 5.69 Å². The molecule has 156 valence electrons. The van der Waals surface area contributed by atoms with Crippen molar-refractivity contribution in [3.63, 3.8) is 0 Å². The smallest absolute Gasteiger partial charge is 0.255 e. The van der Waals surface area contributed by atoms with Gasteiger partial charge in [-0.2, -0.15) is 0 Å². The highest BCUT2D eigenvalue weighted by Gasteiger charge is 2.17. The summed E-state index contributed by atoms with van der Waals surface area (Å²) in [4.78, 5) is 27.2. The second-order valence-electron chi connectivity index (χ2n) is 9.01. The Hall–Kier alpha value is -2.82. The molecule has 0 aliphatic rings. The molecule has 2 N–H and O–H groups in total. The van der Waals surface area contributed by atoms with E-state index in [1.165, 1.54) is 5.56 Å². The van der Waals surface area contributed by atoms with Gasteiger partial charge in [0.05, 0.1) is 5.56 Å². The maximum atomic E-state index is 12.7. The molecule has 0 radical (unpaired) electrons. The van der Waals surface area contributed by atoms with Gasteiger partial charge in [0.25, 0.3) is 11.8 Å².